The number of nitrogens with zero attached hydrogens (tertiary/aromatic N) is 1. The number of fused-ring (bicyclic) bond motifs is 1. The topological polar surface area (TPSA) is 51.2 Å². The van der Waals surface area contributed by atoms with E-state index in [4.69, 9.17) is 9.72 Å². The molecule has 1 heterocycles. The highest BCUT2D eigenvalue weighted by Gasteiger charge is 2.18. The first kappa shape index (κ1) is 23.5. The molecule has 0 bridgehead atoms. The van der Waals surface area contributed by atoms with Crippen molar-refractivity contribution in [3.63, 3.8) is 0 Å². The van der Waals surface area contributed by atoms with E-state index in [1.807, 2.05) is 61.5 Å². The van der Waals surface area contributed by atoms with Crippen LogP contribution >= 0.6 is 0 Å². The Balaban J connectivity index is 1.69. The number of hydrogen-bond acceptors (Lipinski definition) is 3. The lowest BCUT2D eigenvalue weighted by atomic mass is 9.97. The average molecular weight is 453 g/mol. The van der Waals surface area contributed by atoms with E-state index in [0.29, 0.717) is 18.1 Å². The van der Waals surface area contributed by atoms with Crippen LogP contribution in [0.1, 0.15) is 67.6 Å². The van der Waals surface area contributed by atoms with Crippen LogP contribution in [0.25, 0.3) is 22.2 Å². The van der Waals surface area contributed by atoms with Crippen molar-refractivity contribution in [3.05, 3.63) is 95.6 Å². The first-order valence-electron chi connectivity index (χ1n) is 12.0. The lowest BCUT2D eigenvalue weighted by Crippen LogP contribution is -2.28. The molecule has 0 saturated heterocycles. The molecule has 3 aromatic carbocycles. The normalized spacial score (nSPS) is 12.0. The molecule has 4 heteroatoms. The molecule has 1 atom stereocenters. The first-order valence-corrected chi connectivity index (χ1v) is 12.0. The zero-order valence-electron chi connectivity index (χ0n) is 20.3. The van der Waals surface area contributed by atoms with E-state index in [0.717, 1.165) is 39.9 Å². The summed E-state index contributed by atoms with van der Waals surface area (Å²) in [6.07, 6.45) is 0.805. The number of aromatic nitrogens is 1. The second-order valence-electron chi connectivity index (χ2n) is 8.79. The Bertz CT molecular complexity index is 1280. The summed E-state index contributed by atoms with van der Waals surface area (Å²) >= 11 is 0. The number of carbonyl (C=O) groups is 1. The van der Waals surface area contributed by atoms with Crippen molar-refractivity contribution in [2.45, 2.75) is 46.1 Å². The number of pyridine rings is 1. The monoisotopic (exact) mass is 452 g/mol. The maximum atomic E-state index is 13.6. The molecular formula is C30H32N2O2. The van der Waals surface area contributed by atoms with Gasteiger partial charge in [-0.2, -0.15) is 0 Å². The van der Waals surface area contributed by atoms with E-state index in [1.165, 1.54) is 5.56 Å². The Morgan fingerprint density at radius 3 is 2.35 bits per heavy atom. The minimum Gasteiger partial charge on any atom is -0.494 e. The maximum Gasteiger partial charge on any atom is 0.252 e. The number of ether oxygens (including phenoxy) is 1. The standard InChI is InChI=1S/C30H32N2O2/c1-5-27(22-16-14-21(15-17-22)20(3)4)32-30(33)26-19-29(31-28-13-8-7-12-25(26)28)23-10-9-11-24(18-23)34-6-2/h7-20,27H,5-6H2,1-4H3,(H,32,33)/t27-/m0/s1. The molecule has 0 aliphatic rings. The molecule has 4 aromatic rings. The Hall–Kier alpha value is -3.66. The SMILES string of the molecule is CCOc1cccc(-c2cc(C(=O)N[C@@H](CC)c3ccc(C(C)C)cc3)c3ccccc3n2)c1. The van der Waals surface area contributed by atoms with Gasteiger partial charge in [-0.25, -0.2) is 4.98 Å². The van der Waals surface area contributed by atoms with Gasteiger partial charge in [0.15, 0.2) is 0 Å². The Morgan fingerprint density at radius 2 is 1.65 bits per heavy atom. The van der Waals surface area contributed by atoms with Crippen LogP contribution in [0, 0.1) is 0 Å². The third-order valence-electron chi connectivity index (χ3n) is 6.12. The van der Waals surface area contributed by atoms with E-state index < -0.39 is 0 Å². The van der Waals surface area contributed by atoms with Crippen LogP contribution in [0.5, 0.6) is 5.75 Å². The Morgan fingerprint density at radius 1 is 0.912 bits per heavy atom. The lowest BCUT2D eigenvalue weighted by Gasteiger charge is -2.19. The second kappa shape index (κ2) is 10.5. The predicted octanol–water partition coefficient (Wildman–Crippen LogP) is 7.31. The van der Waals surface area contributed by atoms with Crippen LogP contribution < -0.4 is 10.1 Å². The van der Waals surface area contributed by atoms with Crippen molar-refractivity contribution in [1.82, 2.24) is 10.3 Å². The number of rotatable bonds is 8. The highest BCUT2D eigenvalue weighted by molar-refractivity contribution is 6.07. The number of amides is 1. The summed E-state index contributed by atoms with van der Waals surface area (Å²) in [7, 11) is 0. The largest absolute Gasteiger partial charge is 0.494 e. The van der Waals surface area contributed by atoms with E-state index >= 15 is 0 Å². The minimum atomic E-state index is -0.0967. The van der Waals surface area contributed by atoms with Crippen LogP contribution in [0.4, 0.5) is 0 Å². The zero-order chi connectivity index (χ0) is 24.1. The second-order valence-corrected chi connectivity index (χ2v) is 8.79. The number of benzene rings is 3. The van der Waals surface area contributed by atoms with Gasteiger partial charge in [0.1, 0.15) is 5.75 Å². The fraction of sp³-hybridized carbons (Fsp3) is 0.267. The molecule has 1 aromatic heterocycles. The highest BCUT2D eigenvalue weighted by atomic mass is 16.5. The Kier molecular flexibility index (Phi) is 7.27. The molecule has 0 aliphatic carbocycles. The van der Waals surface area contributed by atoms with E-state index in [2.05, 4.69) is 50.4 Å². The van der Waals surface area contributed by atoms with Gasteiger partial charge < -0.3 is 10.1 Å². The third kappa shape index (κ3) is 5.12. The summed E-state index contributed by atoms with van der Waals surface area (Å²) in [5.74, 6) is 1.17. The van der Waals surface area contributed by atoms with Crippen molar-refractivity contribution < 1.29 is 9.53 Å². The molecule has 0 saturated carbocycles. The smallest absolute Gasteiger partial charge is 0.252 e. The summed E-state index contributed by atoms with van der Waals surface area (Å²) < 4.78 is 5.67. The lowest BCUT2D eigenvalue weighted by molar-refractivity contribution is 0.0937. The van der Waals surface area contributed by atoms with Crippen molar-refractivity contribution in [2.75, 3.05) is 6.61 Å². The summed E-state index contributed by atoms with van der Waals surface area (Å²) in [4.78, 5) is 18.4. The summed E-state index contributed by atoms with van der Waals surface area (Å²) in [5.41, 5.74) is 5.50. The molecule has 4 nitrogen and oxygen atoms in total. The minimum absolute atomic E-state index is 0.0645. The molecule has 0 aliphatic heterocycles. The van der Waals surface area contributed by atoms with Crippen LogP contribution in [-0.4, -0.2) is 17.5 Å². The van der Waals surface area contributed by atoms with Crippen molar-refractivity contribution >= 4 is 16.8 Å². The van der Waals surface area contributed by atoms with Gasteiger partial charge in [0.05, 0.1) is 29.4 Å². The molecule has 0 spiro atoms. The van der Waals surface area contributed by atoms with Crippen molar-refractivity contribution in [3.8, 4) is 17.0 Å². The van der Waals surface area contributed by atoms with Crippen molar-refractivity contribution in [1.29, 1.82) is 0 Å². The zero-order valence-corrected chi connectivity index (χ0v) is 20.3. The maximum absolute atomic E-state index is 13.6. The van der Waals surface area contributed by atoms with Gasteiger partial charge in [0.2, 0.25) is 0 Å². The number of para-hydroxylation sites is 1. The van der Waals surface area contributed by atoms with Gasteiger partial charge in [-0.1, -0.05) is 75.4 Å². The van der Waals surface area contributed by atoms with Gasteiger partial charge >= 0.3 is 0 Å². The molecule has 0 unspecified atom stereocenters. The fourth-order valence-electron chi connectivity index (χ4n) is 4.19. The third-order valence-corrected chi connectivity index (χ3v) is 6.12. The van der Waals surface area contributed by atoms with Gasteiger partial charge in [-0.3, -0.25) is 4.79 Å². The summed E-state index contributed by atoms with van der Waals surface area (Å²) in [6.45, 7) is 9.02. The Labute approximate surface area is 202 Å². The summed E-state index contributed by atoms with van der Waals surface area (Å²) in [5, 5.41) is 4.10. The van der Waals surface area contributed by atoms with Gasteiger partial charge in [0, 0.05) is 10.9 Å². The average Bonchev–Trinajstić information content (AvgIpc) is 2.87. The van der Waals surface area contributed by atoms with E-state index in [1.54, 1.807) is 0 Å². The number of carbonyl (C=O) groups excluding carboxylic acids is 1. The molecular weight excluding hydrogens is 420 g/mol. The van der Waals surface area contributed by atoms with Crippen LogP contribution in [0.3, 0.4) is 0 Å². The van der Waals surface area contributed by atoms with E-state index in [9.17, 15) is 4.79 Å². The van der Waals surface area contributed by atoms with Crippen LogP contribution in [0.15, 0.2) is 78.9 Å². The molecule has 4 rings (SSSR count). The number of nitrogens with one attached hydrogen (secondary N) is 1. The molecule has 1 amide bonds. The van der Waals surface area contributed by atoms with Crippen molar-refractivity contribution in [2.24, 2.45) is 0 Å². The van der Waals surface area contributed by atoms with E-state index in [-0.39, 0.29) is 11.9 Å². The van der Waals surface area contributed by atoms with Crippen LogP contribution in [0.2, 0.25) is 0 Å². The molecule has 0 fully saturated rings. The van der Waals surface area contributed by atoms with Gasteiger partial charge in [0.25, 0.3) is 5.91 Å². The first-order chi connectivity index (χ1) is 16.5. The van der Waals surface area contributed by atoms with Gasteiger partial charge in [-0.15, -0.1) is 0 Å². The quantitative estimate of drug-likeness (QED) is 0.305. The molecule has 34 heavy (non-hydrogen) atoms. The molecule has 0 radical (unpaired) electrons. The predicted molar refractivity (Wildman–Crippen MR) is 139 cm³/mol. The highest BCUT2D eigenvalue weighted by Crippen LogP contribution is 2.28. The molecule has 1 N–H and O–H groups in total. The molecule has 174 valence electrons. The fourth-order valence-corrected chi connectivity index (χ4v) is 4.19. The summed E-state index contributed by atoms with van der Waals surface area (Å²) in [6, 6.07) is 26.0. The van der Waals surface area contributed by atoms with Gasteiger partial charge in [-0.05, 0) is 54.7 Å². The number of hydrogen-bond donors (Lipinski definition) is 1. The van der Waals surface area contributed by atoms with Crippen LogP contribution in [-0.2, 0) is 0 Å².